The molecule has 1 amide bonds. The van der Waals surface area contributed by atoms with Gasteiger partial charge in [-0.05, 0) is 13.0 Å². The van der Waals surface area contributed by atoms with E-state index in [0.717, 1.165) is 17.0 Å². The van der Waals surface area contributed by atoms with Crippen LogP contribution >= 0.6 is 0 Å². The maximum absolute atomic E-state index is 13.7. The third kappa shape index (κ3) is 3.50. The smallest absolute Gasteiger partial charge is 0.325 e. The van der Waals surface area contributed by atoms with Crippen LogP contribution in [0.4, 0.5) is 10.1 Å². The summed E-state index contributed by atoms with van der Waals surface area (Å²) in [6.07, 6.45) is 0. The number of carbonyl (C=O) groups excluding carboxylic acids is 2. The fourth-order valence-corrected chi connectivity index (χ4v) is 1.51. The lowest BCUT2D eigenvalue weighted by molar-refractivity contribution is -0.385. The van der Waals surface area contributed by atoms with Crippen molar-refractivity contribution < 1.29 is 23.6 Å². The molecule has 0 aliphatic carbocycles. The summed E-state index contributed by atoms with van der Waals surface area (Å²) in [5.74, 6) is -2.37. The Bertz CT molecular complexity index is 547. The number of methoxy groups -OCH3 is 1. The Morgan fingerprint density at radius 2 is 2.10 bits per heavy atom. The number of nitrogens with zero attached hydrogens (tertiary/aromatic N) is 2. The van der Waals surface area contributed by atoms with E-state index in [-0.39, 0.29) is 18.7 Å². The second-order valence-corrected chi connectivity index (χ2v) is 3.82. The lowest BCUT2D eigenvalue weighted by Crippen LogP contribution is -2.36. The van der Waals surface area contributed by atoms with E-state index in [9.17, 15) is 24.1 Å². The average Bonchev–Trinajstić information content (AvgIpc) is 2.43. The lowest BCUT2D eigenvalue weighted by atomic mass is 10.1. The number of likely N-dealkylation sites (N-methyl/N-ethyl adjacent to an activating group) is 1. The van der Waals surface area contributed by atoms with Crippen LogP contribution in [-0.2, 0) is 9.53 Å². The summed E-state index contributed by atoms with van der Waals surface area (Å²) in [6, 6.07) is 2.72. The number of amides is 1. The number of non-ortho nitro benzene ring substituents is 1. The van der Waals surface area contributed by atoms with Gasteiger partial charge in [0.25, 0.3) is 11.6 Å². The first-order valence-corrected chi connectivity index (χ1v) is 5.70. The molecule has 1 rings (SSSR count). The molecule has 0 unspecified atom stereocenters. The monoisotopic (exact) mass is 284 g/mol. The van der Waals surface area contributed by atoms with Crippen molar-refractivity contribution >= 4 is 17.6 Å². The molecule has 108 valence electrons. The first kappa shape index (κ1) is 15.5. The fraction of sp³-hybridized carbons (Fsp3) is 0.333. The molecule has 0 fully saturated rings. The van der Waals surface area contributed by atoms with Crippen molar-refractivity contribution in [1.29, 1.82) is 0 Å². The normalized spacial score (nSPS) is 9.95. The maximum atomic E-state index is 13.7. The highest BCUT2D eigenvalue weighted by molar-refractivity contribution is 5.96. The Balaban J connectivity index is 3.01. The number of halogens is 1. The average molecular weight is 284 g/mol. The fourth-order valence-electron chi connectivity index (χ4n) is 1.51. The highest BCUT2D eigenvalue weighted by Gasteiger charge is 2.22. The van der Waals surface area contributed by atoms with Gasteiger partial charge in [-0.2, -0.15) is 0 Å². The van der Waals surface area contributed by atoms with Crippen molar-refractivity contribution in [3.05, 3.63) is 39.7 Å². The van der Waals surface area contributed by atoms with Crippen LogP contribution in [0.15, 0.2) is 18.2 Å². The standard InChI is InChI=1S/C12H13FN2O5/c1-3-14(7-11(16)20-2)12(17)9-5-4-8(15(18)19)6-10(9)13/h4-6H,3,7H2,1-2H3. The van der Waals surface area contributed by atoms with Gasteiger partial charge in [-0.25, -0.2) is 4.39 Å². The third-order valence-electron chi connectivity index (χ3n) is 2.61. The molecule has 0 radical (unpaired) electrons. The highest BCUT2D eigenvalue weighted by atomic mass is 19.1. The summed E-state index contributed by atoms with van der Waals surface area (Å²) in [5, 5.41) is 10.5. The number of hydrogen-bond acceptors (Lipinski definition) is 5. The van der Waals surface area contributed by atoms with Gasteiger partial charge >= 0.3 is 5.97 Å². The van der Waals surface area contributed by atoms with E-state index >= 15 is 0 Å². The lowest BCUT2D eigenvalue weighted by Gasteiger charge is -2.19. The van der Waals surface area contributed by atoms with Crippen LogP contribution in [0.5, 0.6) is 0 Å². The van der Waals surface area contributed by atoms with Crippen molar-refractivity contribution in [1.82, 2.24) is 4.90 Å². The Kier molecular flexibility index (Phi) is 5.13. The molecule has 0 saturated heterocycles. The molecule has 0 bridgehead atoms. The van der Waals surface area contributed by atoms with Crippen molar-refractivity contribution in [3.63, 3.8) is 0 Å². The quantitative estimate of drug-likeness (QED) is 0.462. The molecule has 20 heavy (non-hydrogen) atoms. The van der Waals surface area contributed by atoms with E-state index < -0.39 is 28.3 Å². The number of esters is 1. The van der Waals surface area contributed by atoms with Crippen molar-refractivity contribution in [2.24, 2.45) is 0 Å². The minimum absolute atomic E-state index is 0.171. The minimum Gasteiger partial charge on any atom is -0.468 e. The summed E-state index contributed by atoms with van der Waals surface area (Å²) >= 11 is 0. The van der Waals surface area contributed by atoms with Crippen LogP contribution in [0.3, 0.4) is 0 Å². The Morgan fingerprint density at radius 3 is 2.55 bits per heavy atom. The zero-order valence-corrected chi connectivity index (χ0v) is 11.0. The second kappa shape index (κ2) is 6.60. The van der Waals surface area contributed by atoms with E-state index in [1.165, 1.54) is 7.11 Å². The van der Waals surface area contributed by atoms with Crippen LogP contribution < -0.4 is 0 Å². The van der Waals surface area contributed by atoms with E-state index in [1.807, 2.05) is 0 Å². The zero-order chi connectivity index (χ0) is 15.3. The number of carbonyl (C=O) groups is 2. The van der Waals surface area contributed by atoms with E-state index in [4.69, 9.17) is 0 Å². The first-order chi connectivity index (χ1) is 9.40. The molecular weight excluding hydrogens is 271 g/mol. The number of nitro groups is 1. The van der Waals surface area contributed by atoms with Crippen molar-refractivity contribution in [2.45, 2.75) is 6.92 Å². The number of benzene rings is 1. The first-order valence-electron chi connectivity index (χ1n) is 5.70. The summed E-state index contributed by atoms with van der Waals surface area (Å²) < 4.78 is 18.1. The van der Waals surface area contributed by atoms with Gasteiger partial charge in [0.1, 0.15) is 12.4 Å². The predicted octanol–water partition coefficient (Wildman–Crippen LogP) is 1.37. The van der Waals surface area contributed by atoms with Gasteiger partial charge in [0.05, 0.1) is 23.7 Å². The molecule has 1 aromatic carbocycles. The Morgan fingerprint density at radius 1 is 1.45 bits per heavy atom. The van der Waals surface area contributed by atoms with Gasteiger partial charge < -0.3 is 9.64 Å². The minimum atomic E-state index is -1.01. The molecule has 0 saturated carbocycles. The largest absolute Gasteiger partial charge is 0.468 e. The highest BCUT2D eigenvalue weighted by Crippen LogP contribution is 2.18. The summed E-state index contributed by atoms with van der Waals surface area (Å²) in [6.45, 7) is 1.47. The zero-order valence-electron chi connectivity index (χ0n) is 11.0. The number of rotatable bonds is 5. The Hall–Kier alpha value is -2.51. The molecule has 0 aromatic heterocycles. The molecule has 8 heteroatoms. The molecule has 0 N–H and O–H groups in total. The topological polar surface area (TPSA) is 89.8 Å². The van der Waals surface area contributed by atoms with E-state index in [1.54, 1.807) is 6.92 Å². The predicted molar refractivity (Wildman–Crippen MR) is 66.6 cm³/mol. The van der Waals surface area contributed by atoms with Crippen molar-refractivity contribution in [3.8, 4) is 0 Å². The van der Waals surface area contributed by atoms with Crippen molar-refractivity contribution in [2.75, 3.05) is 20.2 Å². The number of ether oxygens (including phenoxy) is 1. The van der Waals surface area contributed by atoms with Gasteiger partial charge in [0.2, 0.25) is 0 Å². The molecule has 7 nitrogen and oxygen atoms in total. The molecule has 0 aliphatic heterocycles. The second-order valence-electron chi connectivity index (χ2n) is 3.82. The third-order valence-corrected chi connectivity index (χ3v) is 2.61. The SMILES string of the molecule is CCN(CC(=O)OC)C(=O)c1ccc([N+](=O)[O-])cc1F. The summed E-state index contributed by atoms with van der Waals surface area (Å²) in [7, 11) is 1.17. The summed E-state index contributed by atoms with van der Waals surface area (Å²) in [5.41, 5.74) is -0.781. The van der Waals surface area contributed by atoms with Crippen LogP contribution in [0.1, 0.15) is 17.3 Å². The summed E-state index contributed by atoms with van der Waals surface area (Å²) in [4.78, 5) is 34.0. The molecule has 0 spiro atoms. The molecule has 0 aliphatic rings. The molecule has 0 heterocycles. The van der Waals surface area contributed by atoms with Gasteiger partial charge in [0.15, 0.2) is 0 Å². The van der Waals surface area contributed by atoms with E-state index in [0.29, 0.717) is 6.07 Å². The van der Waals surface area contributed by atoms with Gasteiger partial charge in [0, 0.05) is 12.6 Å². The number of hydrogen-bond donors (Lipinski definition) is 0. The van der Waals surface area contributed by atoms with Crippen LogP contribution in [0.2, 0.25) is 0 Å². The molecule has 0 atom stereocenters. The maximum Gasteiger partial charge on any atom is 0.325 e. The van der Waals surface area contributed by atoms with Crippen LogP contribution in [0.25, 0.3) is 0 Å². The van der Waals surface area contributed by atoms with Crippen LogP contribution in [-0.4, -0.2) is 41.9 Å². The van der Waals surface area contributed by atoms with Gasteiger partial charge in [-0.3, -0.25) is 19.7 Å². The molecular formula is C12H13FN2O5. The Labute approximate surface area is 114 Å². The van der Waals surface area contributed by atoms with Crippen LogP contribution in [0, 0.1) is 15.9 Å². The van der Waals surface area contributed by atoms with Gasteiger partial charge in [-0.15, -0.1) is 0 Å². The van der Waals surface area contributed by atoms with E-state index in [2.05, 4.69) is 4.74 Å². The number of nitro benzene ring substituents is 1. The van der Waals surface area contributed by atoms with Gasteiger partial charge in [-0.1, -0.05) is 0 Å². The molecule has 1 aromatic rings.